The van der Waals surface area contributed by atoms with Crippen LogP contribution in [-0.2, 0) is 0 Å². The van der Waals surface area contributed by atoms with Crippen LogP contribution in [0.5, 0.6) is 0 Å². The highest BCUT2D eigenvalue weighted by molar-refractivity contribution is 6.03. The zero-order valence-electron chi connectivity index (χ0n) is 27.9. The number of aromatic nitrogens is 2. The van der Waals surface area contributed by atoms with Crippen molar-refractivity contribution in [1.82, 2.24) is 9.97 Å². The van der Waals surface area contributed by atoms with E-state index in [9.17, 15) is 0 Å². The summed E-state index contributed by atoms with van der Waals surface area (Å²) in [6, 6.07) is 32.3. The molecule has 0 amide bonds. The Morgan fingerprint density at radius 2 is 0.739 bits per heavy atom. The van der Waals surface area contributed by atoms with Crippen LogP contribution in [0.2, 0.25) is 0 Å². The third kappa shape index (κ3) is 8.02. The standard InChI is InChI=1S/C40H40N6/c1-25-15-21-35(27(3)23-25)43-31(7)39-13-9-11-37(45-39)29(5)41-33-17-19-34(20-18-33)42-30(6)38-12-10-14-40(46-38)32(8)44-36-22-16-26(2)24-28(36)4/h9-24H,1-8H3/b41-29+,42-30+,43-31+,44-32+. The predicted octanol–water partition coefficient (Wildman–Crippen LogP) is 10.3. The molecule has 0 saturated carbocycles. The summed E-state index contributed by atoms with van der Waals surface area (Å²) < 4.78 is 0. The number of benzene rings is 3. The summed E-state index contributed by atoms with van der Waals surface area (Å²) >= 11 is 0. The fourth-order valence-electron chi connectivity index (χ4n) is 5.12. The van der Waals surface area contributed by atoms with Gasteiger partial charge in [-0.3, -0.25) is 20.0 Å². The Hall–Kier alpha value is -5.36. The topological polar surface area (TPSA) is 75.2 Å². The van der Waals surface area contributed by atoms with Crippen molar-refractivity contribution in [2.75, 3.05) is 0 Å². The molecule has 0 aliphatic heterocycles. The van der Waals surface area contributed by atoms with Crippen molar-refractivity contribution in [2.24, 2.45) is 20.0 Å². The SMILES string of the molecule is C/C(=N\c1ccc(/N=C(\C)c2cccc(/C(C)=N/c3ccc(C)cc3C)n2)cc1)c1cccc(/C(C)=N/c2ccc(C)cc2C)n1. The van der Waals surface area contributed by atoms with Crippen LogP contribution >= 0.6 is 0 Å². The molecule has 0 unspecified atom stereocenters. The monoisotopic (exact) mass is 604 g/mol. The fourth-order valence-corrected chi connectivity index (χ4v) is 5.12. The van der Waals surface area contributed by atoms with E-state index in [1.54, 1.807) is 0 Å². The highest BCUT2D eigenvalue weighted by Crippen LogP contribution is 2.23. The molecule has 0 fully saturated rings. The number of rotatable bonds is 8. The van der Waals surface area contributed by atoms with E-state index in [1.807, 2.05) is 88.4 Å². The Morgan fingerprint density at radius 3 is 1.07 bits per heavy atom. The quantitative estimate of drug-likeness (QED) is 0.165. The first kappa shape index (κ1) is 32.0. The Labute approximate surface area is 272 Å². The first-order valence-electron chi connectivity index (χ1n) is 15.5. The van der Waals surface area contributed by atoms with Gasteiger partial charge >= 0.3 is 0 Å². The summed E-state index contributed by atoms with van der Waals surface area (Å²) in [6.07, 6.45) is 0. The molecular weight excluding hydrogens is 564 g/mol. The van der Waals surface area contributed by atoms with Crippen molar-refractivity contribution in [3.05, 3.63) is 142 Å². The van der Waals surface area contributed by atoms with E-state index >= 15 is 0 Å². The maximum absolute atomic E-state index is 4.85. The lowest BCUT2D eigenvalue weighted by atomic mass is 10.1. The largest absolute Gasteiger partial charge is 0.252 e. The molecule has 6 heteroatoms. The number of pyridine rings is 2. The highest BCUT2D eigenvalue weighted by Gasteiger charge is 2.08. The second kappa shape index (κ2) is 14.2. The number of hydrogen-bond donors (Lipinski definition) is 0. The molecule has 230 valence electrons. The van der Waals surface area contributed by atoms with Crippen LogP contribution in [0.25, 0.3) is 0 Å². The summed E-state index contributed by atoms with van der Waals surface area (Å²) in [7, 11) is 0. The summed E-state index contributed by atoms with van der Waals surface area (Å²) in [5.41, 5.74) is 15.0. The minimum absolute atomic E-state index is 0.813. The van der Waals surface area contributed by atoms with Crippen LogP contribution in [0.4, 0.5) is 22.7 Å². The average Bonchev–Trinajstić information content (AvgIpc) is 3.04. The van der Waals surface area contributed by atoms with E-state index in [1.165, 1.54) is 11.1 Å². The first-order chi connectivity index (χ1) is 22.0. The van der Waals surface area contributed by atoms with Gasteiger partial charge in [-0.05, 0) is 127 Å². The third-order valence-electron chi connectivity index (χ3n) is 7.71. The molecule has 5 rings (SSSR count). The Kier molecular flexibility index (Phi) is 9.87. The maximum Gasteiger partial charge on any atom is 0.0849 e. The Balaban J connectivity index is 1.31. The van der Waals surface area contributed by atoms with Gasteiger partial charge in [-0.1, -0.05) is 47.5 Å². The molecule has 0 saturated heterocycles. The van der Waals surface area contributed by atoms with Crippen LogP contribution in [0, 0.1) is 27.7 Å². The van der Waals surface area contributed by atoms with E-state index in [4.69, 9.17) is 29.9 Å². The van der Waals surface area contributed by atoms with Crippen LogP contribution in [-0.4, -0.2) is 32.8 Å². The molecule has 0 spiro atoms. The van der Waals surface area contributed by atoms with E-state index in [2.05, 4.69) is 64.1 Å². The lowest BCUT2D eigenvalue weighted by Gasteiger charge is -2.07. The maximum atomic E-state index is 4.85. The molecule has 0 aliphatic rings. The van der Waals surface area contributed by atoms with Gasteiger partial charge in [0.1, 0.15) is 0 Å². The molecular formula is C40H40N6. The fraction of sp³-hybridized carbons (Fsp3) is 0.200. The zero-order valence-corrected chi connectivity index (χ0v) is 27.9. The van der Waals surface area contributed by atoms with Crippen molar-refractivity contribution < 1.29 is 0 Å². The number of aryl methyl sites for hydroxylation is 4. The number of aliphatic imine (C=N–C) groups is 4. The summed E-state index contributed by atoms with van der Waals surface area (Å²) in [5, 5.41) is 0. The zero-order chi connectivity index (χ0) is 32.8. The second-order valence-electron chi connectivity index (χ2n) is 11.7. The molecule has 46 heavy (non-hydrogen) atoms. The van der Waals surface area contributed by atoms with Gasteiger partial charge in [-0.25, -0.2) is 9.97 Å². The van der Waals surface area contributed by atoms with E-state index in [-0.39, 0.29) is 0 Å². The lowest BCUT2D eigenvalue weighted by Crippen LogP contribution is -2.05. The van der Waals surface area contributed by atoms with Crippen molar-refractivity contribution in [1.29, 1.82) is 0 Å². The predicted molar refractivity (Wildman–Crippen MR) is 194 cm³/mol. The third-order valence-corrected chi connectivity index (χ3v) is 7.71. The smallest absolute Gasteiger partial charge is 0.0849 e. The molecule has 0 atom stereocenters. The van der Waals surface area contributed by atoms with Crippen molar-refractivity contribution in [3.8, 4) is 0 Å². The lowest BCUT2D eigenvalue weighted by molar-refractivity contribution is 1.23. The second-order valence-corrected chi connectivity index (χ2v) is 11.7. The Bertz CT molecular complexity index is 1870. The summed E-state index contributed by atoms with van der Waals surface area (Å²) in [5.74, 6) is 0. The average molecular weight is 605 g/mol. The molecule has 3 aromatic carbocycles. The minimum Gasteiger partial charge on any atom is -0.252 e. The summed E-state index contributed by atoms with van der Waals surface area (Å²) in [6.45, 7) is 16.3. The number of nitrogens with zero attached hydrogens (tertiary/aromatic N) is 6. The summed E-state index contributed by atoms with van der Waals surface area (Å²) in [4.78, 5) is 29.0. The van der Waals surface area contributed by atoms with Crippen molar-refractivity contribution >= 4 is 45.6 Å². The van der Waals surface area contributed by atoms with Gasteiger partial charge in [-0.2, -0.15) is 0 Å². The Morgan fingerprint density at radius 1 is 0.413 bits per heavy atom. The van der Waals surface area contributed by atoms with E-state index < -0.39 is 0 Å². The number of hydrogen-bond acceptors (Lipinski definition) is 6. The molecule has 0 N–H and O–H groups in total. The van der Waals surface area contributed by atoms with Gasteiger partial charge in [0.25, 0.3) is 0 Å². The molecule has 6 nitrogen and oxygen atoms in total. The van der Waals surface area contributed by atoms with Crippen LogP contribution in [0.3, 0.4) is 0 Å². The highest BCUT2D eigenvalue weighted by atomic mass is 14.9. The minimum atomic E-state index is 0.813. The van der Waals surface area contributed by atoms with E-state index in [0.717, 1.165) is 79.5 Å². The van der Waals surface area contributed by atoms with Gasteiger partial charge < -0.3 is 0 Å². The van der Waals surface area contributed by atoms with Crippen LogP contribution in [0.1, 0.15) is 72.7 Å². The molecule has 2 heterocycles. The van der Waals surface area contributed by atoms with Crippen molar-refractivity contribution in [3.63, 3.8) is 0 Å². The molecule has 0 radical (unpaired) electrons. The van der Waals surface area contributed by atoms with E-state index in [0.29, 0.717) is 0 Å². The van der Waals surface area contributed by atoms with Gasteiger partial charge in [0.15, 0.2) is 0 Å². The van der Waals surface area contributed by atoms with Gasteiger partial charge in [0, 0.05) is 0 Å². The van der Waals surface area contributed by atoms with Gasteiger partial charge in [0.05, 0.1) is 68.4 Å². The molecule has 2 aromatic heterocycles. The first-order valence-corrected chi connectivity index (χ1v) is 15.5. The van der Waals surface area contributed by atoms with Crippen LogP contribution in [0.15, 0.2) is 117 Å². The molecule has 0 bridgehead atoms. The van der Waals surface area contributed by atoms with Crippen molar-refractivity contribution in [2.45, 2.75) is 55.4 Å². The van der Waals surface area contributed by atoms with Gasteiger partial charge in [-0.15, -0.1) is 0 Å². The molecule has 5 aromatic rings. The van der Waals surface area contributed by atoms with Gasteiger partial charge in [0.2, 0.25) is 0 Å². The normalized spacial score (nSPS) is 12.9. The van der Waals surface area contributed by atoms with Crippen LogP contribution < -0.4 is 0 Å². The molecule has 0 aliphatic carbocycles.